The van der Waals surface area contributed by atoms with Crippen molar-refractivity contribution in [1.29, 1.82) is 0 Å². The Morgan fingerprint density at radius 2 is 1.53 bits per heavy atom. The number of ketones is 1. The number of rotatable bonds is 6. The number of nitrogens with one attached hydrogen (secondary N) is 1. The second-order valence-electron chi connectivity index (χ2n) is 6.49. The molecular weight excluding hydrogens is 491 g/mol. The first-order valence-electron chi connectivity index (χ1n) is 9.04. The summed E-state index contributed by atoms with van der Waals surface area (Å²) in [5.74, 6) is -0.391. The van der Waals surface area contributed by atoms with Crippen LogP contribution in [0.25, 0.3) is 0 Å². The highest BCUT2D eigenvalue weighted by atomic mass is 35.5. The lowest BCUT2D eigenvalue weighted by Crippen LogP contribution is -2.04. The molecule has 0 aliphatic carbocycles. The average Bonchev–Trinajstić information content (AvgIpc) is 3.14. The summed E-state index contributed by atoms with van der Waals surface area (Å²) in [7, 11) is -3.65. The number of nitrogen functional groups attached to an aromatic ring is 1. The van der Waals surface area contributed by atoms with Gasteiger partial charge in [-0.2, -0.15) is 0 Å². The maximum absolute atomic E-state index is 12.9. The standard InChI is InChI=1S/C21H14Cl2N4O3S2/c22-15-2-1-3-16(23)17(15)18(28)19-20(24)27-21(31-19)26-12-4-6-13(7-5-12)32(29,30)14-8-10-25-11-9-14/h1-11H,24H2,(H,26,27). The molecule has 0 aliphatic rings. The predicted molar refractivity (Wildman–Crippen MR) is 126 cm³/mol. The number of halogens is 2. The van der Waals surface area contributed by atoms with E-state index in [0.29, 0.717) is 10.8 Å². The number of nitrogens with zero attached hydrogens (tertiary/aromatic N) is 2. The van der Waals surface area contributed by atoms with E-state index in [1.807, 2.05) is 0 Å². The minimum Gasteiger partial charge on any atom is -0.382 e. The van der Waals surface area contributed by atoms with E-state index < -0.39 is 15.6 Å². The van der Waals surface area contributed by atoms with Crippen LogP contribution in [0.15, 0.2) is 76.8 Å². The van der Waals surface area contributed by atoms with Gasteiger partial charge < -0.3 is 11.1 Å². The first kappa shape index (κ1) is 22.2. The molecule has 0 fully saturated rings. The van der Waals surface area contributed by atoms with Crippen LogP contribution in [-0.4, -0.2) is 24.2 Å². The summed E-state index contributed by atoms with van der Waals surface area (Å²) in [4.78, 5) is 21.4. The van der Waals surface area contributed by atoms with Crippen LogP contribution in [-0.2, 0) is 9.84 Å². The molecule has 0 unspecified atom stereocenters. The molecule has 0 bridgehead atoms. The predicted octanol–water partition coefficient (Wildman–Crippen LogP) is 5.23. The number of carbonyl (C=O) groups excluding carboxylic acids is 1. The van der Waals surface area contributed by atoms with Gasteiger partial charge in [0.2, 0.25) is 15.6 Å². The first-order chi connectivity index (χ1) is 15.3. The zero-order valence-electron chi connectivity index (χ0n) is 16.1. The number of nitrogens with two attached hydrogens (primary N) is 1. The van der Waals surface area contributed by atoms with Gasteiger partial charge in [-0.3, -0.25) is 9.78 Å². The summed E-state index contributed by atoms with van der Waals surface area (Å²) in [6.45, 7) is 0. The number of pyridine rings is 1. The maximum Gasteiger partial charge on any atom is 0.209 e. The van der Waals surface area contributed by atoms with Crippen molar-refractivity contribution in [3.05, 3.63) is 87.5 Å². The largest absolute Gasteiger partial charge is 0.382 e. The van der Waals surface area contributed by atoms with Crippen LogP contribution in [0, 0.1) is 0 Å². The Hall–Kier alpha value is -2.98. The average molecular weight is 505 g/mol. The van der Waals surface area contributed by atoms with E-state index in [4.69, 9.17) is 28.9 Å². The van der Waals surface area contributed by atoms with Gasteiger partial charge in [0.05, 0.1) is 25.4 Å². The molecule has 0 atom stereocenters. The number of aromatic nitrogens is 2. The van der Waals surface area contributed by atoms with E-state index in [9.17, 15) is 13.2 Å². The second kappa shape index (κ2) is 8.87. The summed E-state index contributed by atoms with van der Waals surface area (Å²) in [5.41, 5.74) is 6.67. The third-order valence-electron chi connectivity index (χ3n) is 4.43. The molecular formula is C21H14Cl2N4O3S2. The Bertz CT molecular complexity index is 1390. The zero-order valence-corrected chi connectivity index (χ0v) is 19.3. The van der Waals surface area contributed by atoms with E-state index in [1.54, 1.807) is 30.3 Å². The van der Waals surface area contributed by atoms with E-state index in [0.717, 1.165) is 11.3 Å². The smallest absolute Gasteiger partial charge is 0.209 e. The Morgan fingerprint density at radius 1 is 0.938 bits per heavy atom. The SMILES string of the molecule is Nc1nc(Nc2ccc(S(=O)(=O)c3ccncc3)cc2)sc1C(=O)c1c(Cl)cccc1Cl. The summed E-state index contributed by atoms with van der Waals surface area (Å²) in [6.07, 6.45) is 2.84. The highest BCUT2D eigenvalue weighted by Gasteiger charge is 2.23. The minimum atomic E-state index is -3.65. The quantitative estimate of drug-likeness (QED) is 0.345. The van der Waals surface area contributed by atoms with Crippen molar-refractivity contribution in [2.24, 2.45) is 0 Å². The highest BCUT2D eigenvalue weighted by molar-refractivity contribution is 7.91. The van der Waals surface area contributed by atoms with Gasteiger partial charge in [0.25, 0.3) is 0 Å². The van der Waals surface area contributed by atoms with Gasteiger partial charge in [0.1, 0.15) is 10.7 Å². The normalized spacial score (nSPS) is 11.3. The molecule has 7 nitrogen and oxygen atoms in total. The Morgan fingerprint density at radius 3 is 2.16 bits per heavy atom. The number of hydrogen-bond acceptors (Lipinski definition) is 8. The third kappa shape index (κ3) is 4.33. The van der Waals surface area contributed by atoms with Crippen LogP contribution < -0.4 is 11.1 Å². The topological polar surface area (TPSA) is 115 Å². The van der Waals surface area contributed by atoms with Crippen molar-refractivity contribution < 1.29 is 13.2 Å². The number of thiazole rings is 1. The van der Waals surface area contributed by atoms with Crippen molar-refractivity contribution >= 4 is 66.8 Å². The second-order valence-corrected chi connectivity index (χ2v) is 10.3. The molecule has 162 valence electrons. The van der Waals surface area contributed by atoms with Gasteiger partial charge in [-0.15, -0.1) is 0 Å². The number of hydrogen-bond donors (Lipinski definition) is 2. The molecule has 32 heavy (non-hydrogen) atoms. The molecule has 2 aromatic heterocycles. The summed E-state index contributed by atoms with van der Waals surface area (Å²) in [6, 6.07) is 13.8. The molecule has 11 heteroatoms. The first-order valence-corrected chi connectivity index (χ1v) is 12.1. The van der Waals surface area contributed by atoms with Crippen LogP contribution in [0.5, 0.6) is 0 Å². The molecule has 0 amide bonds. The summed E-state index contributed by atoms with van der Waals surface area (Å²) in [5, 5.41) is 3.82. The van der Waals surface area contributed by atoms with Gasteiger partial charge in [0.15, 0.2) is 5.13 Å². The number of benzene rings is 2. The van der Waals surface area contributed by atoms with Crippen LogP contribution in [0.3, 0.4) is 0 Å². The van der Waals surface area contributed by atoms with Crippen LogP contribution >= 0.6 is 34.5 Å². The van der Waals surface area contributed by atoms with Crippen molar-refractivity contribution in [2.45, 2.75) is 9.79 Å². The third-order valence-corrected chi connectivity index (χ3v) is 7.83. The Labute approximate surface area is 197 Å². The fourth-order valence-electron chi connectivity index (χ4n) is 2.87. The van der Waals surface area contributed by atoms with Crippen LogP contribution in [0.2, 0.25) is 10.0 Å². The van der Waals surface area contributed by atoms with Crippen molar-refractivity contribution in [3.63, 3.8) is 0 Å². The number of anilines is 3. The van der Waals surface area contributed by atoms with Crippen LogP contribution in [0.1, 0.15) is 15.2 Å². The van der Waals surface area contributed by atoms with Gasteiger partial charge in [-0.25, -0.2) is 13.4 Å². The molecule has 4 aromatic rings. The molecule has 4 rings (SSSR count). The fourth-order valence-corrected chi connectivity index (χ4v) is 5.54. The zero-order chi connectivity index (χ0) is 22.9. The van der Waals surface area contributed by atoms with E-state index in [2.05, 4.69) is 15.3 Å². The van der Waals surface area contributed by atoms with Gasteiger partial charge in [0, 0.05) is 18.1 Å². The molecule has 2 heterocycles. The van der Waals surface area contributed by atoms with Gasteiger partial charge in [-0.05, 0) is 48.5 Å². The Balaban J connectivity index is 1.57. The molecule has 0 saturated carbocycles. The minimum absolute atomic E-state index is 0.0374. The van der Waals surface area contributed by atoms with Gasteiger partial charge in [-0.1, -0.05) is 40.6 Å². The molecule has 0 saturated heterocycles. The monoisotopic (exact) mass is 504 g/mol. The summed E-state index contributed by atoms with van der Waals surface area (Å²) >= 11 is 13.3. The van der Waals surface area contributed by atoms with E-state index >= 15 is 0 Å². The molecule has 0 aliphatic heterocycles. The van der Waals surface area contributed by atoms with Crippen molar-refractivity contribution in [1.82, 2.24) is 9.97 Å². The van der Waals surface area contributed by atoms with E-state index in [-0.39, 0.29) is 36.1 Å². The molecule has 3 N–H and O–H groups in total. The van der Waals surface area contributed by atoms with Gasteiger partial charge >= 0.3 is 0 Å². The lowest BCUT2D eigenvalue weighted by atomic mass is 10.1. The molecule has 0 radical (unpaired) electrons. The van der Waals surface area contributed by atoms with Crippen molar-refractivity contribution in [2.75, 3.05) is 11.1 Å². The maximum atomic E-state index is 12.9. The number of sulfone groups is 1. The van der Waals surface area contributed by atoms with Crippen LogP contribution in [0.4, 0.5) is 16.6 Å². The highest BCUT2D eigenvalue weighted by Crippen LogP contribution is 2.34. The van der Waals surface area contributed by atoms with Crippen molar-refractivity contribution in [3.8, 4) is 0 Å². The van der Waals surface area contributed by atoms with E-state index in [1.165, 1.54) is 36.7 Å². The molecule has 2 aromatic carbocycles. The lowest BCUT2D eigenvalue weighted by Gasteiger charge is -2.06. The summed E-state index contributed by atoms with van der Waals surface area (Å²) < 4.78 is 25.4. The number of carbonyl (C=O) groups is 1. The molecule has 0 spiro atoms. The fraction of sp³-hybridized carbons (Fsp3) is 0. The lowest BCUT2D eigenvalue weighted by molar-refractivity contribution is 0.104. The Kier molecular flexibility index (Phi) is 6.16.